The summed E-state index contributed by atoms with van der Waals surface area (Å²) in [6.45, 7) is -9.83. The van der Waals surface area contributed by atoms with Crippen molar-refractivity contribution in [1.29, 1.82) is 0 Å². The van der Waals surface area contributed by atoms with E-state index in [1.165, 1.54) is 4.94 Å². The van der Waals surface area contributed by atoms with E-state index >= 15 is 0 Å². The molecule has 43 heteroatoms. The lowest BCUT2D eigenvalue weighted by Crippen LogP contribution is -2.61. The minimum absolute atomic E-state index is 0.115. The Hall–Kier alpha value is -2.83. The first-order valence-corrected chi connectivity index (χ1v) is 17.6. The molecule has 0 aromatic carbocycles. The number of amides is 1. The van der Waals surface area contributed by atoms with Crippen molar-refractivity contribution in [3.8, 4) is 0 Å². The number of carbonyl (C=O) groups is 1. The zero-order valence-corrected chi connectivity index (χ0v) is 34.4. The van der Waals surface area contributed by atoms with Crippen LogP contribution in [0.5, 0.6) is 0 Å². The van der Waals surface area contributed by atoms with E-state index in [-0.39, 0.29) is 6.54 Å². The molecule has 0 bridgehead atoms. The van der Waals surface area contributed by atoms with Crippen LogP contribution in [0.25, 0.3) is 0 Å². The molecule has 0 rings (SSSR count). The van der Waals surface area contributed by atoms with Gasteiger partial charge < -0.3 is 10.1 Å². The molecule has 1 amide bonds. The fourth-order valence-corrected chi connectivity index (χ4v) is 3.33. The third kappa shape index (κ3) is 27.3. The molecular weight excluding hydrogens is 1140 g/mol. The Morgan fingerprint density at radius 1 is 0.394 bits per heavy atom. The Morgan fingerprint density at radius 2 is 0.704 bits per heavy atom. The number of halogens is 35. The standard InChI is InChI=1S/C14H24F5NO2S.C6H2F12O2.C4H2F8O2.C2F6.C2H2F4/c15-11-22-13(16,14(17,18)19)12(21)20-9-7-5-3-1-2-4-6-8-10-23;7-1-19-2(8,3(9,10)11)5(15,16)20-6(17,18)4(12,13)14;5-1-13-2(6,3(7,8)9)4(10,11)14-12;3-1(4,5)2(6,7)8;3-1-2(4,5)6/h23H,1-11H2,(H,20,21);1H2;1H2;;1H2. The van der Waals surface area contributed by atoms with E-state index in [0.717, 1.165) is 44.3 Å². The summed E-state index contributed by atoms with van der Waals surface area (Å²) in [7, 11) is 0. The normalized spacial score (nSPS) is 15.9. The SMILES string of the molecule is FC(F)(F)C(F)(F)F.FCC(F)(F)F.FCOC(F)(C(F)(F)F)C(F)(F)OC(F)(F)C(F)(F)F.FCOC(F)(C(F)(F)F)C(F)(F)OF.O=C(NCCCCCCCCCCS)C(F)(OCF)C(F)(F)F. The molecule has 0 heterocycles. The van der Waals surface area contributed by atoms with Gasteiger partial charge in [0.25, 0.3) is 5.91 Å². The number of alkyl halides is 34. The zero-order valence-electron chi connectivity index (χ0n) is 33.5. The molecule has 0 aromatic heterocycles. The van der Waals surface area contributed by atoms with Crippen molar-refractivity contribution in [1.82, 2.24) is 5.32 Å². The van der Waals surface area contributed by atoms with Gasteiger partial charge in [0.15, 0.2) is 27.3 Å². The van der Waals surface area contributed by atoms with Gasteiger partial charge in [0.1, 0.15) is 0 Å². The highest BCUT2D eigenvalue weighted by molar-refractivity contribution is 7.80. The summed E-state index contributed by atoms with van der Waals surface area (Å²) in [5, 5.41) is 1.80. The molecule has 0 saturated heterocycles. The van der Waals surface area contributed by atoms with Gasteiger partial charge in [0.05, 0.1) is 0 Å². The number of ether oxygens (including phenoxy) is 4. The summed E-state index contributed by atoms with van der Waals surface area (Å²) in [4.78, 5) is 12.7. The van der Waals surface area contributed by atoms with Gasteiger partial charge in [-0.1, -0.05) is 38.5 Å². The first-order chi connectivity index (χ1) is 31.2. The summed E-state index contributed by atoms with van der Waals surface area (Å²) in [5.74, 6) is -18.2. The molecule has 0 aliphatic heterocycles. The van der Waals surface area contributed by atoms with Gasteiger partial charge in [-0.25, -0.2) is 22.3 Å². The van der Waals surface area contributed by atoms with Crippen LogP contribution in [-0.2, 0) is 28.7 Å². The molecule has 0 radical (unpaired) electrons. The molecule has 3 atom stereocenters. The minimum atomic E-state index is -6.89. The molecule has 7 nitrogen and oxygen atoms in total. The van der Waals surface area contributed by atoms with Crippen molar-refractivity contribution >= 4 is 18.5 Å². The van der Waals surface area contributed by atoms with E-state index in [4.69, 9.17) is 0 Å². The number of unbranched alkanes of at least 4 members (excludes halogenated alkanes) is 7. The van der Waals surface area contributed by atoms with Crippen LogP contribution in [0.15, 0.2) is 0 Å². The summed E-state index contributed by atoms with van der Waals surface area (Å²) in [6, 6.07) is 0. The Labute approximate surface area is 377 Å². The maximum atomic E-state index is 13.5. The predicted octanol–water partition coefficient (Wildman–Crippen LogP) is 14.5. The van der Waals surface area contributed by atoms with Crippen LogP contribution in [-0.4, -0.2) is 125 Å². The zero-order chi connectivity index (χ0) is 58.2. The Bertz CT molecular complexity index is 1410. The average Bonchev–Trinajstić information content (AvgIpc) is 3.16. The van der Waals surface area contributed by atoms with E-state index in [1.807, 2.05) is 0 Å². The van der Waals surface area contributed by atoms with Crippen LogP contribution in [0.1, 0.15) is 51.4 Å². The lowest BCUT2D eigenvalue weighted by atomic mass is 10.1. The lowest BCUT2D eigenvalue weighted by Gasteiger charge is -2.34. The van der Waals surface area contributed by atoms with Crippen LogP contribution < -0.4 is 5.32 Å². The summed E-state index contributed by atoms with van der Waals surface area (Å²) in [5.41, 5.74) is 0. The number of rotatable bonds is 22. The van der Waals surface area contributed by atoms with Crippen LogP contribution in [0.3, 0.4) is 0 Å². The Morgan fingerprint density at radius 3 is 0.944 bits per heavy atom. The fraction of sp³-hybridized carbons (Fsp3) is 0.964. The van der Waals surface area contributed by atoms with Gasteiger partial charge in [0.2, 0.25) is 0 Å². The van der Waals surface area contributed by atoms with Gasteiger partial charge >= 0.3 is 79.1 Å². The molecule has 0 aromatic rings. The van der Waals surface area contributed by atoms with E-state index in [0.29, 0.717) is 12.8 Å². The second-order valence-electron chi connectivity index (χ2n) is 11.8. The number of nitrogens with one attached hydrogen (secondary N) is 1. The maximum absolute atomic E-state index is 13.5. The highest BCUT2D eigenvalue weighted by atomic mass is 32.1. The van der Waals surface area contributed by atoms with Crippen molar-refractivity contribution in [3.63, 3.8) is 0 Å². The molecule has 71 heavy (non-hydrogen) atoms. The second-order valence-corrected chi connectivity index (χ2v) is 12.3. The third-order valence-corrected chi connectivity index (χ3v) is 6.74. The van der Waals surface area contributed by atoms with E-state index in [1.54, 1.807) is 10.1 Å². The molecule has 0 fully saturated rings. The highest BCUT2D eigenvalue weighted by Crippen LogP contribution is 2.51. The van der Waals surface area contributed by atoms with Crippen molar-refractivity contribution in [2.45, 2.75) is 130 Å². The molecule has 0 aliphatic rings. The summed E-state index contributed by atoms with van der Waals surface area (Å²) >= 11 is 4.11. The third-order valence-electron chi connectivity index (χ3n) is 6.42. The maximum Gasteiger partial charge on any atom is 0.487 e. The summed E-state index contributed by atoms with van der Waals surface area (Å²) in [6.07, 6.45) is -54.8. The van der Waals surface area contributed by atoms with Gasteiger partial charge in [-0.3, -0.25) is 14.3 Å². The van der Waals surface area contributed by atoms with Crippen molar-refractivity contribution in [2.24, 2.45) is 0 Å². The number of thiol groups is 1. The molecule has 0 saturated carbocycles. The van der Waals surface area contributed by atoms with Gasteiger partial charge in [0, 0.05) is 6.54 Å². The van der Waals surface area contributed by atoms with Crippen molar-refractivity contribution in [3.05, 3.63) is 0 Å². The van der Waals surface area contributed by atoms with Gasteiger partial charge in [-0.15, -0.1) is 4.94 Å². The smallest absolute Gasteiger partial charge is 0.351 e. The highest BCUT2D eigenvalue weighted by Gasteiger charge is 2.79. The van der Waals surface area contributed by atoms with Crippen molar-refractivity contribution < 1.29 is 182 Å². The molecule has 434 valence electrons. The molecule has 0 aliphatic carbocycles. The summed E-state index contributed by atoms with van der Waals surface area (Å²) < 4.78 is 413. The lowest BCUT2D eigenvalue weighted by molar-refractivity contribution is -0.526. The van der Waals surface area contributed by atoms with Crippen LogP contribution in [0.4, 0.5) is 154 Å². The monoisotopic (exact) mass is 1170 g/mol. The predicted molar refractivity (Wildman–Crippen MR) is 163 cm³/mol. The van der Waals surface area contributed by atoms with E-state index in [9.17, 15) is 159 Å². The van der Waals surface area contributed by atoms with Crippen LogP contribution in [0.2, 0.25) is 0 Å². The fourth-order valence-electron chi connectivity index (χ4n) is 3.11. The Balaban J connectivity index is -0.000000274. The first kappa shape index (κ1) is 77.1. The average molecular weight is 1170 g/mol. The number of hydrogen-bond acceptors (Lipinski definition) is 7. The van der Waals surface area contributed by atoms with E-state index < -0.39 is 112 Å². The van der Waals surface area contributed by atoms with Crippen LogP contribution >= 0.6 is 12.6 Å². The number of hydrogen-bond donors (Lipinski definition) is 2. The first-order valence-electron chi connectivity index (χ1n) is 17.0. The Kier molecular flexibility index (Phi) is 33.1. The molecule has 0 spiro atoms. The topological polar surface area (TPSA) is 75.2 Å². The minimum Gasteiger partial charge on any atom is -0.351 e. The van der Waals surface area contributed by atoms with Crippen molar-refractivity contribution in [2.75, 3.05) is 39.6 Å². The van der Waals surface area contributed by atoms with E-state index in [2.05, 4.69) is 26.8 Å². The number of carbonyl (C=O) groups excluding carboxylic acids is 1. The van der Waals surface area contributed by atoms with Crippen LogP contribution in [0, 0.1) is 0 Å². The largest absolute Gasteiger partial charge is 0.487 e. The molecule has 1 N–H and O–H groups in total. The molecule has 3 unspecified atom stereocenters. The second kappa shape index (κ2) is 30.5. The van der Waals surface area contributed by atoms with Gasteiger partial charge in [-0.2, -0.15) is 144 Å². The van der Waals surface area contributed by atoms with Gasteiger partial charge in [-0.05, 0) is 23.1 Å². The quantitative estimate of drug-likeness (QED) is 0.0639. The molecular formula is C28H30F35NO6S.